The molecule has 11 nitrogen and oxygen atoms in total. The standard InChI is InChI=1S/C16H14N4O6.C4H11N/c1-6-2-4-7(5-3-6)8(9-11(21)17-15(25)18-12(9)22)10-13(23)19-16(26)20-14(10)24;1-3-5-4-2/h2-5,8H,1H3,(H3,17,18,21,22,25)(H3,19,20,23,24,26);5H,3-4H2,1-2H3. The quantitative estimate of drug-likeness (QED) is 0.295. The van der Waals surface area contributed by atoms with E-state index in [9.17, 15) is 29.4 Å². The Morgan fingerprint density at radius 2 is 1.19 bits per heavy atom. The van der Waals surface area contributed by atoms with Gasteiger partial charge in [0.05, 0.1) is 17.0 Å². The van der Waals surface area contributed by atoms with Crippen molar-refractivity contribution in [1.29, 1.82) is 0 Å². The zero-order valence-corrected chi connectivity index (χ0v) is 17.3. The van der Waals surface area contributed by atoms with Crippen LogP contribution in [-0.4, -0.2) is 43.2 Å². The molecule has 0 bridgehead atoms. The molecule has 166 valence electrons. The summed E-state index contributed by atoms with van der Waals surface area (Å²) in [6.45, 7) is 8.22. The summed E-state index contributed by atoms with van der Waals surface area (Å²) in [5.41, 5.74) is -3.20. The van der Waals surface area contributed by atoms with Gasteiger partial charge in [-0.2, -0.15) is 0 Å². The molecular weight excluding hydrogens is 406 g/mol. The third-order valence-electron chi connectivity index (χ3n) is 4.41. The predicted octanol–water partition coefficient (Wildman–Crippen LogP) is -0.0446. The normalized spacial score (nSPS) is 10.6. The molecule has 2 heterocycles. The van der Waals surface area contributed by atoms with Crippen LogP contribution in [0.15, 0.2) is 43.4 Å². The van der Waals surface area contributed by atoms with E-state index < -0.39 is 40.2 Å². The van der Waals surface area contributed by atoms with Crippen LogP contribution in [0.4, 0.5) is 0 Å². The van der Waals surface area contributed by atoms with E-state index in [1.54, 1.807) is 24.3 Å². The van der Waals surface area contributed by atoms with E-state index in [-0.39, 0.29) is 11.1 Å². The maximum atomic E-state index is 12.3. The smallest absolute Gasteiger partial charge is 0.328 e. The Morgan fingerprint density at radius 1 is 0.774 bits per heavy atom. The molecule has 0 saturated heterocycles. The molecule has 2 aromatic heterocycles. The van der Waals surface area contributed by atoms with Crippen LogP contribution in [0.2, 0.25) is 0 Å². The van der Waals surface area contributed by atoms with Gasteiger partial charge in [0.25, 0.3) is 11.1 Å². The molecule has 0 unspecified atom stereocenters. The molecular formula is C20H25N5O6. The summed E-state index contributed by atoms with van der Waals surface area (Å²) in [4.78, 5) is 55.3. The molecule has 0 aliphatic rings. The molecule has 0 aliphatic heterocycles. The van der Waals surface area contributed by atoms with Crippen molar-refractivity contribution in [1.82, 2.24) is 25.3 Å². The first-order valence-corrected chi connectivity index (χ1v) is 9.57. The number of nitrogens with one attached hydrogen (secondary N) is 5. The molecule has 7 N–H and O–H groups in total. The van der Waals surface area contributed by atoms with Crippen LogP contribution in [0.5, 0.6) is 11.8 Å². The van der Waals surface area contributed by atoms with Crippen LogP contribution in [-0.2, 0) is 0 Å². The summed E-state index contributed by atoms with van der Waals surface area (Å²) in [7, 11) is 0. The van der Waals surface area contributed by atoms with Crippen LogP contribution >= 0.6 is 0 Å². The summed E-state index contributed by atoms with van der Waals surface area (Å²) >= 11 is 0. The van der Waals surface area contributed by atoms with Gasteiger partial charge in [0.2, 0.25) is 11.8 Å². The highest BCUT2D eigenvalue weighted by molar-refractivity contribution is 5.47. The lowest BCUT2D eigenvalue weighted by Gasteiger charge is -2.18. The van der Waals surface area contributed by atoms with Gasteiger partial charge in [-0.15, -0.1) is 0 Å². The van der Waals surface area contributed by atoms with E-state index in [0.717, 1.165) is 18.7 Å². The Labute approximate surface area is 175 Å². The van der Waals surface area contributed by atoms with E-state index >= 15 is 0 Å². The second kappa shape index (κ2) is 10.3. The van der Waals surface area contributed by atoms with Crippen LogP contribution in [0.25, 0.3) is 0 Å². The molecule has 0 atom stereocenters. The van der Waals surface area contributed by atoms with Crippen LogP contribution in [0, 0.1) is 6.92 Å². The van der Waals surface area contributed by atoms with Gasteiger partial charge < -0.3 is 15.5 Å². The van der Waals surface area contributed by atoms with E-state index in [4.69, 9.17) is 0 Å². The Kier molecular flexibility index (Phi) is 7.75. The first-order chi connectivity index (χ1) is 14.7. The van der Waals surface area contributed by atoms with Crippen molar-refractivity contribution in [2.45, 2.75) is 26.7 Å². The Balaban J connectivity index is 0.000000614. The molecule has 0 aliphatic carbocycles. The second-order valence-electron chi connectivity index (χ2n) is 6.64. The zero-order valence-electron chi connectivity index (χ0n) is 17.3. The Bertz CT molecular complexity index is 1180. The molecule has 0 amide bonds. The number of hydrogen-bond acceptors (Lipinski definition) is 7. The number of aromatic nitrogens is 4. The van der Waals surface area contributed by atoms with Crippen molar-refractivity contribution in [2.75, 3.05) is 13.1 Å². The average Bonchev–Trinajstić information content (AvgIpc) is 2.67. The predicted molar refractivity (Wildman–Crippen MR) is 115 cm³/mol. The minimum atomic E-state index is -1.25. The van der Waals surface area contributed by atoms with Crippen molar-refractivity contribution in [2.24, 2.45) is 0 Å². The molecule has 3 rings (SSSR count). The summed E-state index contributed by atoms with van der Waals surface area (Å²) < 4.78 is 0. The number of aromatic hydroxyl groups is 2. The third kappa shape index (κ3) is 5.60. The SMILES string of the molecule is CCNCC.Cc1ccc(C(c2c(O)[nH]c(=O)[nH]c2=O)c2c(O)[nH]c(=O)[nH]c2=O)cc1. The molecule has 0 fully saturated rings. The van der Waals surface area contributed by atoms with Gasteiger partial charge in [-0.3, -0.25) is 29.5 Å². The highest BCUT2D eigenvalue weighted by Gasteiger charge is 2.29. The van der Waals surface area contributed by atoms with Gasteiger partial charge in [-0.1, -0.05) is 43.7 Å². The molecule has 0 radical (unpaired) electrons. The minimum absolute atomic E-state index is 0.360. The van der Waals surface area contributed by atoms with Gasteiger partial charge in [0, 0.05) is 0 Å². The highest BCUT2D eigenvalue weighted by Crippen LogP contribution is 2.34. The lowest BCUT2D eigenvalue weighted by molar-refractivity contribution is 0.429. The molecule has 0 saturated carbocycles. The lowest BCUT2D eigenvalue weighted by atomic mass is 9.86. The largest absolute Gasteiger partial charge is 0.494 e. The van der Waals surface area contributed by atoms with Crippen molar-refractivity contribution in [3.63, 3.8) is 0 Å². The van der Waals surface area contributed by atoms with Crippen LogP contribution < -0.4 is 27.8 Å². The fraction of sp³-hybridized carbons (Fsp3) is 0.300. The fourth-order valence-corrected chi connectivity index (χ4v) is 2.99. The summed E-state index contributed by atoms with van der Waals surface area (Å²) in [6.07, 6.45) is 0. The molecule has 0 spiro atoms. The Hall–Kier alpha value is -3.86. The zero-order chi connectivity index (χ0) is 23.1. The molecule has 11 heteroatoms. The van der Waals surface area contributed by atoms with Gasteiger partial charge >= 0.3 is 11.4 Å². The van der Waals surface area contributed by atoms with Crippen LogP contribution in [0.1, 0.15) is 42.0 Å². The van der Waals surface area contributed by atoms with Gasteiger partial charge in [0.1, 0.15) is 0 Å². The fourth-order valence-electron chi connectivity index (χ4n) is 2.99. The number of H-pyrrole nitrogens is 4. The minimum Gasteiger partial charge on any atom is -0.494 e. The van der Waals surface area contributed by atoms with Crippen molar-refractivity contribution >= 4 is 0 Å². The average molecular weight is 431 g/mol. The summed E-state index contributed by atoms with van der Waals surface area (Å²) in [5, 5.41) is 23.3. The van der Waals surface area contributed by atoms with E-state index in [2.05, 4.69) is 19.2 Å². The topological polar surface area (TPSA) is 184 Å². The Morgan fingerprint density at radius 3 is 1.52 bits per heavy atom. The van der Waals surface area contributed by atoms with E-state index in [1.807, 2.05) is 26.9 Å². The maximum absolute atomic E-state index is 12.3. The molecule has 3 aromatic rings. The summed E-state index contributed by atoms with van der Waals surface area (Å²) in [6, 6.07) is 6.59. The number of aryl methyl sites for hydroxylation is 1. The third-order valence-corrected chi connectivity index (χ3v) is 4.41. The lowest BCUT2D eigenvalue weighted by Crippen LogP contribution is -2.32. The van der Waals surface area contributed by atoms with Crippen molar-refractivity contribution in [3.8, 4) is 11.8 Å². The van der Waals surface area contributed by atoms with Gasteiger partial charge in [-0.05, 0) is 25.6 Å². The van der Waals surface area contributed by atoms with E-state index in [1.165, 1.54) is 0 Å². The number of rotatable bonds is 5. The van der Waals surface area contributed by atoms with Crippen LogP contribution in [0.3, 0.4) is 0 Å². The van der Waals surface area contributed by atoms with Crippen molar-refractivity contribution < 1.29 is 10.2 Å². The first kappa shape index (κ1) is 23.4. The van der Waals surface area contributed by atoms with Gasteiger partial charge in [0.15, 0.2) is 0 Å². The van der Waals surface area contributed by atoms with E-state index in [0.29, 0.717) is 5.56 Å². The molecule has 31 heavy (non-hydrogen) atoms. The highest BCUT2D eigenvalue weighted by atomic mass is 16.3. The monoisotopic (exact) mass is 431 g/mol. The number of benzene rings is 1. The maximum Gasteiger partial charge on any atom is 0.328 e. The number of hydrogen-bond donors (Lipinski definition) is 7. The first-order valence-electron chi connectivity index (χ1n) is 9.57. The molecule has 1 aromatic carbocycles. The van der Waals surface area contributed by atoms with Gasteiger partial charge in [-0.25, -0.2) is 9.59 Å². The summed E-state index contributed by atoms with van der Waals surface area (Å²) in [5.74, 6) is -2.76. The second-order valence-corrected chi connectivity index (χ2v) is 6.64. The number of aromatic amines is 4. The van der Waals surface area contributed by atoms with Crippen molar-refractivity contribution in [3.05, 3.63) is 88.2 Å².